The van der Waals surface area contributed by atoms with Crippen molar-refractivity contribution in [3.8, 4) is 5.75 Å². The first-order valence-corrected chi connectivity index (χ1v) is 10.4. The number of nitrogens with one attached hydrogen (secondary N) is 1. The van der Waals surface area contributed by atoms with E-state index in [-0.39, 0.29) is 16.5 Å². The molecule has 1 heterocycles. The Morgan fingerprint density at radius 2 is 1.79 bits per heavy atom. The van der Waals surface area contributed by atoms with Crippen LogP contribution in [-0.2, 0) is 10.0 Å². The van der Waals surface area contributed by atoms with Crippen molar-refractivity contribution in [2.24, 2.45) is 0 Å². The smallest absolute Gasteiger partial charge is 0.266 e. The number of anilines is 3. The average Bonchev–Trinajstić information content (AvgIpc) is 2.70. The Labute approximate surface area is 165 Å². The maximum Gasteiger partial charge on any atom is 0.266 e. The molecule has 1 aromatic heterocycles. The van der Waals surface area contributed by atoms with Gasteiger partial charge in [0.2, 0.25) is 0 Å². The number of aryl methyl sites for hydroxylation is 1. The van der Waals surface area contributed by atoms with Crippen molar-refractivity contribution in [2.75, 3.05) is 23.3 Å². The molecule has 0 aliphatic carbocycles. The number of ether oxygens (including phenoxy) is 1. The van der Waals surface area contributed by atoms with Crippen LogP contribution in [0, 0.1) is 6.92 Å². The fourth-order valence-corrected chi connectivity index (χ4v) is 4.18. The monoisotopic (exact) mass is 397 g/mol. The van der Waals surface area contributed by atoms with Crippen molar-refractivity contribution in [3.05, 3.63) is 72.4 Å². The molecular weight excluding hydrogens is 374 g/mol. The highest BCUT2D eigenvalue weighted by atomic mass is 32.2. The summed E-state index contributed by atoms with van der Waals surface area (Å²) in [7, 11) is -2.38. The Hall–Kier alpha value is -3.06. The predicted octanol–water partition coefficient (Wildman–Crippen LogP) is 4.36. The van der Waals surface area contributed by atoms with Gasteiger partial charge in [0.1, 0.15) is 16.5 Å². The number of nitrogens with zero attached hydrogens (tertiary/aromatic N) is 2. The second-order valence-electron chi connectivity index (χ2n) is 6.24. The number of pyridine rings is 1. The highest BCUT2D eigenvalue weighted by Gasteiger charge is 2.20. The van der Waals surface area contributed by atoms with Crippen LogP contribution in [0.1, 0.15) is 12.5 Å². The summed E-state index contributed by atoms with van der Waals surface area (Å²) in [4.78, 5) is 6.46. The van der Waals surface area contributed by atoms with Crippen LogP contribution in [-0.4, -0.2) is 27.1 Å². The molecule has 7 heteroatoms. The lowest BCUT2D eigenvalue weighted by Gasteiger charge is -2.23. The molecule has 0 unspecified atom stereocenters. The highest BCUT2D eigenvalue weighted by Crippen LogP contribution is 2.28. The third-order valence-electron chi connectivity index (χ3n) is 4.29. The first-order valence-electron chi connectivity index (χ1n) is 8.90. The normalized spacial score (nSPS) is 11.1. The Kier molecular flexibility index (Phi) is 5.84. The molecule has 28 heavy (non-hydrogen) atoms. The maximum absolute atomic E-state index is 12.8. The molecule has 0 radical (unpaired) electrons. The summed E-state index contributed by atoms with van der Waals surface area (Å²) in [5, 5.41) is 0. The van der Waals surface area contributed by atoms with E-state index in [0.717, 1.165) is 23.5 Å². The summed E-state index contributed by atoms with van der Waals surface area (Å²) >= 11 is 0. The minimum absolute atomic E-state index is 0.0837. The minimum Gasteiger partial charge on any atom is -0.495 e. The number of rotatable bonds is 7. The van der Waals surface area contributed by atoms with Gasteiger partial charge in [0.05, 0.1) is 19.0 Å². The first kappa shape index (κ1) is 19.7. The number of methoxy groups -OCH3 is 1. The summed E-state index contributed by atoms with van der Waals surface area (Å²) in [5.74, 6) is 0.535. The van der Waals surface area contributed by atoms with Crippen molar-refractivity contribution < 1.29 is 13.2 Å². The molecule has 0 aliphatic rings. The Morgan fingerprint density at radius 3 is 2.39 bits per heavy atom. The number of hydrogen-bond donors (Lipinski definition) is 1. The average molecular weight is 398 g/mol. The summed E-state index contributed by atoms with van der Waals surface area (Å²) in [5.41, 5.74) is 2.75. The van der Waals surface area contributed by atoms with E-state index in [0.29, 0.717) is 0 Å². The third-order valence-corrected chi connectivity index (χ3v) is 5.67. The molecule has 3 rings (SSSR count). The fourth-order valence-electron chi connectivity index (χ4n) is 2.91. The number of benzene rings is 2. The Bertz CT molecular complexity index is 1040. The summed E-state index contributed by atoms with van der Waals surface area (Å²) in [6, 6.07) is 18.5. The van der Waals surface area contributed by atoms with Crippen molar-refractivity contribution in [1.82, 2.24) is 4.98 Å². The molecule has 0 fully saturated rings. The third kappa shape index (κ3) is 4.26. The molecule has 0 spiro atoms. The van der Waals surface area contributed by atoms with E-state index in [4.69, 9.17) is 4.74 Å². The highest BCUT2D eigenvalue weighted by molar-refractivity contribution is 7.92. The molecule has 2 aromatic carbocycles. The van der Waals surface area contributed by atoms with Gasteiger partial charge in [0.15, 0.2) is 0 Å². The Morgan fingerprint density at radius 1 is 1.04 bits per heavy atom. The van der Waals surface area contributed by atoms with Crippen molar-refractivity contribution in [3.63, 3.8) is 0 Å². The van der Waals surface area contributed by atoms with Gasteiger partial charge in [-0.1, -0.05) is 24.3 Å². The lowest BCUT2D eigenvalue weighted by molar-refractivity contribution is 0.402. The van der Waals surface area contributed by atoms with E-state index in [1.54, 1.807) is 30.5 Å². The summed E-state index contributed by atoms with van der Waals surface area (Å²) in [6.45, 7) is 4.64. The van der Waals surface area contributed by atoms with Crippen molar-refractivity contribution >= 4 is 27.2 Å². The van der Waals surface area contributed by atoms with Crippen molar-refractivity contribution in [2.45, 2.75) is 18.7 Å². The van der Waals surface area contributed by atoms with Crippen LogP contribution in [0.4, 0.5) is 17.2 Å². The molecular formula is C21H23N3O3S. The molecule has 1 N–H and O–H groups in total. The zero-order valence-electron chi connectivity index (χ0n) is 16.1. The quantitative estimate of drug-likeness (QED) is 0.641. The van der Waals surface area contributed by atoms with Crippen LogP contribution in [0.15, 0.2) is 71.8 Å². The van der Waals surface area contributed by atoms with E-state index in [9.17, 15) is 8.42 Å². The second-order valence-corrected chi connectivity index (χ2v) is 7.89. The van der Waals surface area contributed by atoms with Gasteiger partial charge in [0.25, 0.3) is 10.0 Å². The minimum atomic E-state index is -3.82. The van der Waals surface area contributed by atoms with Gasteiger partial charge in [0, 0.05) is 12.2 Å². The SMILES string of the molecule is CCN(c1ccccc1)c1ccc(NS(=O)(=O)c2cc(C)ccc2OC)nc1. The number of aromatic nitrogens is 1. The zero-order valence-corrected chi connectivity index (χ0v) is 16.9. The molecule has 0 aliphatic heterocycles. The van der Waals surface area contributed by atoms with Gasteiger partial charge in [-0.25, -0.2) is 13.4 Å². The van der Waals surface area contributed by atoms with E-state index in [1.165, 1.54) is 7.11 Å². The largest absolute Gasteiger partial charge is 0.495 e. The van der Waals surface area contributed by atoms with E-state index in [2.05, 4.69) is 14.6 Å². The zero-order chi connectivity index (χ0) is 20.1. The number of para-hydroxylation sites is 1. The van der Waals surface area contributed by atoms with E-state index >= 15 is 0 Å². The van der Waals surface area contributed by atoms with Gasteiger partial charge >= 0.3 is 0 Å². The molecule has 0 bridgehead atoms. The van der Waals surface area contributed by atoms with Crippen LogP contribution >= 0.6 is 0 Å². The summed E-state index contributed by atoms with van der Waals surface area (Å²) < 4.78 is 33.3. The van der Waals surface area contributed by atoms with Crippen molar-refractivity contribution in [1.29, 1.82) is 0 Å². The topological polar surface area (TPSA) is 71.5 Å². The molecule has 3 aromatic rings. The van der Waals surface area contributed by atoms with Gasteiger partial charge in [-0.3, -0.25) is 4.72 Å². The van der Waals surface area contributed by atoms with Gasteiger partial charge in [-0.15, -0.1) is 0 Å². The number of hydrogen-bond acceptors (Lipinski definition) is 5. The first-order chi connectivity index (χ1) is 13.4. The van der Waals surface area contributed by atoms with Gasteiger partial charge < -0.3 is 9.64 Å². The lowest BCUT2D eigenvalue weighted by Crippen LogP contribution is -2.17. The van der Waals surface area contributed by atoms with E-state index < -0.39 is 10.0 Å². The molecule has 0 atom stereocenters. The number of sulfonamides is 1. The van der Waals surface area contributed by atoms with Crippen LogP contribution < -0.4 is 14.4 Å². The molecule has 6 nitrogen and oxygen atoms in total. The molecule has 0 saturated carbocycles. The van der Waals surface area contributed by atoms with E-state index in [1.807, 2.05) is 50.2 Å². The van der Waals surface area contributed by atoms with Gasteiger partial charge in [-0.2, -0.15) is 0 Å². The second kappa shape index (κ2) is 8.31. The molecule has 146 valence electrons. The molecule has 0 saturated heterocycles. The van der Waals surface area contributed by atoms with Crippen LogP contribution in [0.3, 0.4) is 0 Å². The molecule has 0 amide bonds. The predicted molar refractivity (Wildman–Crippen MR) is 112 cm³/mol. The summed E-state index contributed by atoms with van der Waals surface area (Å²) in [6.07, 6.45) is 1.65. The Balaban J connectivity index is 1.85. The van der Waals surface area contributed by atoms with Crippen LogP contribution in [0.25, 0.3) is 0 Å². The lowest BCUT2D eigenvalue weighted by atomic mass is 10.2. The van der Waals surface area contributed by atoms with Crippen LogP contribution in [0.5, 0.6) is 5.75 Å². The fraction of sp³-hybridized carbons (Fsp3) is 0.190. The standard InChI is InChI=1S/C21H23N3O3S/c1-4-24(17-8-6-5-7-9-17)18-11-13-21(22-15-18)23-28(25,26)20-14-16(2)10-12-19(20)27-3/h5-15H,4H2,1-3H3,(H,22,23). The maximum atomic E-state index is 12.8. The van der Waals surface area contributed by atoms with Gasteiger partial charge in [-0.05, 0) is 55.8 Å². The van der Waals surface area contributed by atoms with Crippen LogP contribution in [0.2, 0.25) is 0 Å².